The van der Waals surface area contributed by atoms with Gasteiger partial charge >= 0.3 is 0 Å². The van der Waals surface area contributed by atoms with E-state index in [-0.39, 0.29) is 17.9 Å². The molecule has 0 spiro atoms. The summed E-state index contributed by atoms with van der Waals surface area (Å²) >= 11 is 5.99. The number of benzene rings is 1. The van der Waals surface area contributed by atoms with Gasteiger partial charge in [0, 0.05) is 43.4 Å². The second kappa shape index (κ2) is 11.3. The van der Waals surface area contributed by atoms with Crippen LogP contribution >= 0.6 is 11.6 Å². The molecule has 202 valence electrons. The molecule has 1 amide bonds. The molecule has 0 bridgehead atoms. The maximum atomic E-state index is 11.7. The number of fused-ring (bicyclic) bond motifs is 1. The van der Waals surface area contributed by atoms with Gasteiger partial charge in [-0.15, -0.1) is 0 Å². The Morgan fingerprint density at radius 1 is 1.05 bits per heavy atom. The van der Waals surface area contributed by atoms with Crippen LogP contribution < -0.4 is 10.5 Å². The maximum absolute atomic E-state index is 11.7. The van der Waals surface area contributed by atoms with E-state index < -0.39 is 5.91 Å². The van der Waals surface area contributed by atoms with Crippen LogP contribution in [0.2, 0.25) is 5.02 Å². The van der Waals surface area contributed by atoms with E-state index in [1.807, 2.05) is 36.4 Å². The molecule has 1 atom stereocenters. The van der Waals surface area contributed by atoms with Crippen molar-refractivity contribution < 1.29 is 14.3 Å². The van der Waals surface area contributed by atoms with Crippen molar-refractivity contribution in [2.75, 3.05) is 19.7 Å². The van der Waals surface area contributed by atoms with Gasteiger partial charge in [-0.3, -0.25) is 9.69 Å². The minimum absolute atomic E-state index is 0.0847. The standard InChI is InChI=1S/C28H30ClN7O3/c29-19-3-1-18(2-4-19)15-24-31-11-7-26(34-24)39-20-8-12-35(13-9-20)17-25-32-23-6-5-22(27(30)37)33-28(23)36(25)16-21-10-14-38-21/h1-7,11,20-21H,8-10,12-17H2,(H2,30,37). The monoisotopic (exact) mass is 547 g/mol. The van der Waals surface area contributed by atoms with E-state index in [9.17, 15) is 4.79 Å². The van der Waals surface area contributed by atoms with Gasteiger partial charge in [0.25, 0.3) is 5.91 Å². The Kier molecular flexibility index (Phi) is 7.40. The van der Waals surface area contributed by atoms with Crippen molar-refractivity contribution >= 4 is 28.7 Å². The number of hydrogen-bond acceptors (Lipinski definition) is 8. The summed E-state index contributed by atoms with van der Waals surface area (Å²) in [5.41, 5.74) is 8.24. The molecule has 10 nitrogen and oxygen atoms in total. The van der Waals surface area contributed by atoms with E-state index in [2.05, 4.69) is 24.4 Å². The number of ether oxygens (including phenoxy) is 2. The number of rotatable bonds is 9. The maximum Gasteiger partial charge on any atom is 0.267 e. The third kappa shape index (κ3) is 6.03. The van der Waals surface area contributed by atoms with Gasteiger partial charge in [0.05, 0.1) is 19.2 Å². The number of hydrogen-bond donors (Lipinski definition) is 1. The SMILES string of the molecule is NC(=O)c1ccc2nc(CN3CCC(Oc4ccnc(Cc5ccc(Cl)cc5)n4)CC3)n(CC3CCO3)c2n1. The molecule has 3 aromatic heterocycles. The van der Waals surface area contributed by atoms with Crippen LogP contribution in [0.1, 0.15) is 47.0 Å². The summed E-state index contributed by atoms with van der Waals surface area (Å²) in [6, 6.07) is 13.0. The van der Waals surface area contributed by atoms with Gasteiger partial charge in [-0.2, -0.15) is 4.98 Å². The fourth-order valence-corrected chi connectivity index (χ4v) is 5.13. The Bertz CT molecular complexity index is 1460. The lowest BCUT2D eigenvalue weighted by Gasteiger charge is -2.32. The van der Waals surface area contributed by atoms with E-state index in [0.717, 1.165) is 61.7 Å². The second-order valence-electron chi connectivity index (χ2n) is 10.0. The van der Waals surface area contributed by atoms with E-state index in [0.29, 0.717) is 36.1 Å². The van der Waals surface area contributed by atoms with E-state index in [1.165, 1.54) is 0 Å². The number of carbonyl (C=O) groups is 1. The zero-order chi connectivity index (χ0) is 26.8. The molecular weight excluding hydrogens is 518 g/mol. The average Bonchev–Trinajstić information content (AvgIpc) is 3.25. The van der Waals surface area contributed by atoms with Crippen LogP contribution in [0, 0.1) is 0 Å². The summed E-state index contributed by atoms with van der Waals surface area (Å²) in [4.78, 5) is 32.5. The molecule has 11 heteroatoms. The highest BCUT2D eigenvalue weighted by Crippen LogP contribution is 2.24. The predicted octanol–water partition coefficient (Wildman–Crippen LogP) is 3.40. The van der Waals surface area contributed by atoms with Crippen LogP contribution in [-0.4, -0.2) is 67.2 Å². The van der Waals surface area contributed by atoms with E-state index in [4.69, 9.17) is 31.8 Å². The molecule has 4 aromatic rings. The number of pyridine rings is 1. The van der Waals surface area contributed by atoms with E-state index >= 15 is 0 Å². The first-order chi connectivity index (χ1) is 19.0. The van der Waals surface area contributed by atoms with Crippen molar-refractivity contribution in [1.82, 2.24) is 29.4 Å². The van der Waals surface area contributed by atoms with Crippen LogP contribution in [0.4, 0.5) is 0 Å². The molecule has 0 radical (unpaired) electrons. The molecule has 0 saturated carbocycles. The summed E-state index contributed by atoms with van der Waals surface area (Å²) in [5, 5.41) is 0.710. The molecular formula is C28H30ClN7O3. The molecule has 2 aliphatic heterocycles. The Morgan fingerprint density at radius 3 is 2.56 bits per heavy atom. The van der Waals surface area contributed by atoms with Crippen molar-refractivity contribution in [3.8, 4) is 5.88 Å². The molecule has 2 fully saturated rings. The van der Waals surface area contributed by atoms with Crippen molar-refractivity contribution in [3.63, 3.8) is 0 Å². The minimum atomic E-state index is -0.547. The smallest absolute Gasteiger partial charge is 0.267 e. The van der Waals surface area contributed by atoms with Crippen LogP contribution in [0.25, 0.3) is 11.2 Å². The molecule has 0 aliphatic carbocycles. The number of imidazole rings is 1. The van der Waals surface area contributed by atoms with Crippen molar-refractivity contribution in [2.45, 2.75) is 51.0 Å². The third-order valence-corrected chi connectivity index (χ3v) is 7.50. The van der Waals surface area contributed by atoms with Crippen LogP contribution in [-0.2, 0) is 24.2 Å². The lowest BCUT2D eigenvalue weighted by molar-refractivity contribution is -0.0593. The summed E-state index contributed by atoms with van der Waals surface area (Å²) in [6.45, 7) is 3.86. The summed E-state index contributed by atoms with van der Waals surface area (Å²) in [5.74, 6) is 1.69. The molecule has 2 aliphatic rings. The number of aromatic nitrogens is 5. The van der Waals surface area contributed by atoms with E-state index in [1.54, 1.807) is 12.3 Å². The zero-order valence-corrected chi connectivity index (χ0v) is 22.3. The number of nitrogens with zero attached hydrogens (tertiary/aromatic N) is 6. The van der Waals surface area contributed by atoms with Gasteiger partial charge in [0.1, 0.15) is 29.0 Å². The molecule has 2 N–H and O–H groups in total. The van der Waals surface area contributed by atoms with Gasteiger partial charge in [0.2, 0.25) is 5.88 Å². The number of likely N-dealkylation sites (tertiary alicyclic amines) is 1. The van der Waals surface area contributed by atoms with Crippen molar-refractivity contribution in [1.29, 1.82) is 0 Å². The lowest BCUT2D eigenvalue weighted by Crippen LogP contribution is -2.39. The summed E-state index contributed by atoms with van der Waals surface area (Å²) in [6.07, 6.45) is 5.35. The van der Waals surface area contributed by atoms with Crippen molar-refractivity contribution in [3.05, 3.63) is 76.6 Å². The quantitative estimate of drug-likeness (QED) is 0.338. The molecule has 1 unspecified atom stereocenters. The van der Waals surface area contributed by atoms with Gasteiger partial charge < -0.3 is 19.8 Å². The number of halogens is 1. The predicted molar refractivity (Wildman–Crippen MR) is 146 cm³/mol. The number of primary amides is 1. The molecule has 6 rings (SSSR count). The fourth-order valence-electron chi connectivity index (χ4n) is 5.00. The van der Waals surface area contributed by atoms with Crippen LogP contribution in [0.15, 0.2) is 48.7 Å². The number of carbonyl (C=O) groups excluding carboxylic acids is 1. The number of amides is 1. The highest BCUT2D eigenvalue weighted by atomic mass is 35.5. The molecule has 2 saturated heterocycles. The van der Waals surface area contributed by atoms with Gasteiger partial charge in [-0.25, -0.2) is 15.0 Å². The average molecular weight is 548 g/mol. The molecule has 5 heterocycles. The largest absolute Gasteiger partial charge is 0.474 e. The van der Waals surface area contributed by atoms with Crippen molar-refractivity contribution in [2.24, 2.45) is 5.73 Å². The first kappa shape index (κ1) is 25.7. The van der Waals surface area contributed by atoms with Crippen LogP contribution in [0.3, 0.4) is 0 Å². The van der Waals surface area contributed by atoms with Crippen LogP contribution in [0.5, 0.6) is 5.88 Å². The highest BCUT2D eigenvalue weighted by Gasteiger charge is 2.26. The lowest BCUT2D eigenvalue weighted by atomic mass is 10.1. The number of piperidine rings is 1. The topological polar surface area (TPSA) is 121 Å². The highest BCUT2D eigenvalue weighted by molar-refractivity contribution is 6.30. The van der Waals surface area contributed by atoms with Gasteiger partial charge in [-0.1, -0.05) is 23.7 Å². The Morgan fingerprint density at radius 2 is 1.85 bits per heavy atom. The third-order valence-electron chi connectivity index (χ3n) is 7.25. The first-order valence-electron chi connectivity index (χ1n) is 13.2. The minimum Gasteiger partial charge on any atom is -0.474 e. The number of nitrogens with two attached hydrogens (primary N) is 1. The Hall–Kier alpha value is -3.60. The second-order valence-corrected chi connectivity index (χ2v) is 10.5. The van der Waals surface area contributed by atoms with Gasteiger partial charge in [-0.05, 0) is 49.1 Å². The molecule has 1 aromatic carbocycles. The first-order valence-corrected chi connectivity index (χ1v) is 13.6. The normalized spacial score (nSPS) is 18.2. The Labute approximate surface area is 231 Å². The fraction of sp³-hybridized carbons (Fsp3) is 0.393. The van der Waals surface area contributed by atoms with Gasteiger partial charge in [0.15, 0.2) is 5.65 Å². The summed E-state index contributed by atoms with van der Waals surface area (Å²) < 4.78 is 14.0. The molecule has 39 heavy (non-hydrogen) atoms. The Balaban J connectivity index is 1.09. The summed E-state index contributed by atoms with van der Waals surface area (Å²) in [7, 11) is 0. The zero-order valence-electron chi connectivity index (χ0n) is 21.5.